The molecule has 3 N–H and O–H groups in total. The van der Waals surface area contributed by atoms with E-state index >= 15 is 0 Å². The van der Waals surface area contributed by atoms with Crippen LogP contribution >= 0.6 is 0 Å². The van der Waals surface area contributed by atoms with Crippen LogP contribution in [0.25, 0.3) is 0 Å². The molecule has 114 valence electrons. The highest BCUT2D eigenvalue weighted by Crippen LogP contribution is 2.26. The molecule has 0 atom stereocenters. The second kappa shape index (κ2) is 7.09. The van der Waals surface area contributed by atoms with E-state index in [4.69, 9.17) is 5.73 Å². The number of anilines is 1. The van der Waals surface area contributed by atoms with Crippen LogP contribution < -0.4 is 11.1 Å². The van der Waals surface area contributed by atoms with E-state index in [1.54, 1.807) is 19.1 Å². The lowest BCUT2D eigenvalue weighted by Crippen LogP contribution is -2.24. The maximum atomic E-state index is 12.1. The molecule has 0 aliphatic rings. The Bertz CT molecular complexity index is 524. The normalized spacial score (nSPS) is 12.4. The van der Waals surface area contributed by atoms with Gasteiger partial charge in [0.25, 0.3) is 0 Å². The van der Waals surface area contributed by atoms with Gasteiger partial charge in [0.15, 0.2) is 9.84 Å². The summed E-state index contributed by atoms with van der Waals surface area (Å²) in [7, 11) is -3.20. The predicted molar refractivity (Wildman–Crippen MR) is 84.7 cm³/mol. The Kier molecular flexibility index (Phi) is 6.02. The highest BCUT2D eigenvalue weighted by molar-refractivity contribution is 7.91. The number of rotatable bonds is 8. The van der Waals surface area contributed by atoms with Gasteiger partial charge < -0.3 is 11.1 Å². The fraction of sp³-hybridized carbons (Fsp3) is 0.600. The van der Waals surface area contributed by atoms with Gasteiger partial charge in [-0.15, -0.1) is 0 Å². The van der Waals surface area contributed by atoms with E-state index in [9.17, 15) is 8.42 Å². The summed E-state index contributed by atoms with van der Waals surface area (Å²) in [6, 6.07) is 7.09. The van der Waals surface area contributed by atoms with Crippen molar-refractivity contribution in [3.63, 3.8) is 0 Å². The first kappa shape index (κ1) is 17.0. The number of nitrogens with one attached hydrogen (secondary N) is 1. The summed E-state index contributed by atoms with van der Waals surface area (Å²) in [4.78, 5) is 0.386. The van der Waals surface area contributed by atoms with E-state index in [1.165, 1.54) is 0 Å². The average Bonchev–Trinajstić information content (AvgIpc) is 2.43. The molecule has 20 heavy (non-hydrogen) atoms. The van der Waals surface area contributed by atoms with Crippen LogP contribution in [0.15, 0.2) is 29.2 Å². The SMILES string of the molecule is CCS(=O)(=O)c1ccccc1NCC(C)(C)CCCN. The molecule has 4 nitrogen and oxygen atoms in total. The Balaban J connectivity index is 2.84. The quantitative estimate of drug-likeness (QED) is 0.774. The first-order chi connectivity index (χ1) is 9.32. The van der Waals surface area contributed by atoms with Crippen molar-refractivity contribution < 1.29 is 8.42 Å². The van der Waals surface area contributed by atoms with Gasteiger partial charge >= 0.3 is 0 Å². The van der Waals surface area contributed by atoms with Crippen molar-refractivity contribution in [3.05, 3.63) is 24.3 Å². The summed E-state index contributed by atoms with van der Waals surface area (Å²) in [5, 5.41) is 3.28. The van der Waals surface area contributed by atoms with Crippen LogP contribution in [0, 0.1) is 5.41 Å². The zero-order chi connectivity index (χ0) is 15.2. The maximum absolute atomic E-state index is 12.1. The molecule has 0 aliphatic carbocycles. The van der Waals surface area contributed by atoms with Crippen LogP contribution in [0.1, 0.15) is 33.6 Å². The van der Waals surface area contributed by atoms with E-state index in [2.05, 4.69) is 19.2 Å². The molecular formula is C15H26N2O2S. The van der Waals surface area contributed by atoms with Gasteiger partial charge in [-0.2, -0.15) is 0 Å². The van der Waals surface area contributed by atoms with Crippen molar-refractivity contribution >= 4 is 15.5 Å². The van der Waals surface area contributed by atoms with Crippen molar-refractivity contribution in [1.82, 2.24) is 0 Å². The van der Waals surface area contributed by atoms with Crippen molar-refractivity contribution in [3.8, 4) is 0 Å². The fourth-order valence-electron chi connectivity index (χ4n) is 2.04. The van der Waals surface area contributed by atoms with Gasteiger partial charge in [0.05, 0.1) is 16.3 Å². The van der Waals surface area contributed by atoms with Crippen LogP contribution in [0.2, 0.25) is 0 Å². The van der Waals surface area contributed by atoms with Crippen molar-refractivity contribution in [2.75, 3.05) is 24.2 Å². The number of para-hydroxylation sites is 1. The summed E-state index contributed by atoms with van der Waals surface area (Å²) < 4.78 is 24.1. The lowest BCUT2D eigenvalue weighted by molar-refractivity contribution is 0.350. The highest BCUT2D eigenvalue weighted by Gasteiger charge is 2.20. The number of hydrogen-bond donors (Lipinski definition) is 2. The molecule has 0 amide bonds. The van der Waals surface area contributed by atoms with Crippen LogP contribution in [-0.4, -0.2) is 27.3 Å². The minimum Gasteiger partial charge on any atom is -0.383 e. The van der Waals surface area contributed by atoms with E-state index < -0.39 is 9.84 Å². The third-order valence-corrected chi connectivity index (χ3v) is 5.20. The summed E-state index contributed by atoms with van der Waals surface area (Å²) in [6.45, 7) is 7.39. The topological polar surface area (TPSA) is 72.2 Å². The van der Waals surface area contributed by atoms with E-state index in [0.29, 0.717) is 17.1 Å². The zero-order valence-corrected chi connectivity index (χ0v) is 13.5. The summed E-state index contributed by atoms with van der Waals surface area (Å²) in [5.41, 5.74) is 6.32. The maximum Gasteiger partial charge on any atom is 0.180 e. The van der Waals surface area contributed by atoms with Gasteiger partial charge in [0.2, 0.25) is 0 Å². The molecule has 1 aromatic rings. The first-order valence-corrected chi connectivity index (χ1v) is 8.73. The highest BCUT2D eigenvalue weighted by atomic mass is 32.2. The molecular weight excluding hydrogens is 272 g/mol. The van der Waals surface area contributed by atoms with Crippen molar-refractivity contribution in [2.24, 2.45) is 11.1 Å². The van der Waals surface area contributed by atoms with E-state index in [0.717, 1.165) is 19.4 Å². The van der Waals surface area contributed by atoms with Gasteiger partial charge in [-0.25, -0.2) is 8.42 Å². The number of sulfone groups is 1. The lowest BCUT2D eigenvalue weighted by Gasteiger charge is -2.26. The molecule has 1 rings (SSSR count). The third-order valence-electron chi connectivity index (χ3n) is 3.42. The zero-order valence-electron chi connectivity index (χ0n) is 12.6. The summed E-state index contributed by atoms with van der Waals surface area (Å²) in [6.07, 6.45) is 1.99. The molecule has 0 saturated heterocycles. The fourth-order valence-corrected chi connectivity index (χ4v) is 3.12. The molecule has 1 aromatic carbocycles. The minimum absolute atomic E-state index is 0.0858. The van der Waals surface area contributed by atoms with Gasteiger partial charge in [-0.05, 0) is 36.9 Å². The molecule has 0 aromatic heterocycles. The molecule has 0 bridgehead atoms. The van der Waals surface area contributed by atoms with Gasteiger partial charge in [-0.3, -0.25) is 0 Å². The van der Waals surface area contributed by atoms with Gasteiger partial charge in [0, 0.05) is 6.54 Å². The Labute approximate surface area is 122 Å². The predicted octanol–water partition coefficient (Wildman–Crippen LogP) is 2.66. The third kappa shape index (κ3) is 4.80. The number of nitrogens with two attached hydrogens (primary N) is 1. The molecule has 0 spiro atoms. The first-order valence-electron chi connectivity index (χ1n) is 7.08. The van der Waals surface area contributed by atoms with Crippen LogP contribution in [0.4, 0.5) is 5.69 Å². The molecule has 0 radical (unpaired) electrons. The minimum atomic E-state index is -3.20. The molecule has 0 fully saturated rings. The summed E-state index contributed by atoms with van der Waals surface area (Å²) >= 11 is 0. The van der Waals surface area contributed by atoms with Crippen molar-refractivity contribution in [2.45, 2.75) is 38.5 Å². The van der Waals surface area contributed by atoms with E-state index in [1.807, 2.05) is 12.1 Å². The average molecular weight is 298 g/mol. The Morgan fingerprint density at radius 2 is 1.90 bits per heavy atom. The van der Waals surface area contributed by atoms with Crippen LogP contribution in [-0.2, 0) is 9.84 Å². The molecule has 5 heteroatoms. The summed E-state index contributed by atoms with van der Waals surface area (Å²) in [5.74, 6) is 0.113. The molecule has 0 saturated carbocycles. The molecule has 0 aliphatic heterocycles. The standard InChI is InChI=1S/C15H26N2O2S/c1-4-20(18,19)14-9-6-5-8-13(14)17-12-15(2,3)10-7-11-16/h5-6,8-9,17H,4,7,10-12,16H2,1-3H3. The number of benzene rings is 1. The second-order valence-electron chi connectivity index (χ2n) is 5.81. The smallest absolute Gasteiger partial charge is 0.180 e. The molecule has 0 unspecified atom stereocenters. The largest absolute Gasteiger partial charge is 0.383 e. The van der Waals surface area contributed by atoms with Crippen LogP contribution in [0.3, 0.4) is 0 Å². The monoisotopic (exact) mass is 298 g/mol. The Morgan fingerprint density at radius 3 is 2.50 bits per heavy atom. The second-order valence-corrected chi connectivity index (χ2v) is 8.06. The van der Waals surface area contributed by atoms with Gasteiger partial charge in [0.1, 0.15) is 0 Å². The van der Waals surface area contributed by atoms with Gasteiger partial charge in [-0.1, -0.05) is 32.9 Å². The Hall–Kier alpha value is -1.07. The van der Waals surface area contributed by atoms with E-state index in [-0.39, 0.29) is 11.2 Å². The number of hydrogen-bond acceptors (Lipinski definition) is 4. The lowest BCUT2D eigenvalue weighted by atomic mass is 9.87. The Morgan fingerprint density at radius 1 is 1.25 bits per heavy atom. The van der Waals surface area contributed by atoms with Crippen LogP contribution in [0.5, 0.6) is 0 Å². The van der Waals surface area contributed by atoms with Crippen molar-refractivity contribution in [1.29, 1.82) is 0 Å². The molecule has 0 heterocycles.